The number of aromatic nitrogens is 2. The zero-order valence-electron chi connectivity index (χ0n) is 35.5. The summed E-state index contributed by atoms with van der Waals surface area (Å²) in [6.45, 7) is 19.2. The van der Waals surface area contributed by atoms with Gasteiger partial charge in [-0.2, -0.15) is 0 Å². The Hall–Kier alpha value is -4.73. The van der Waals surface area contributed by atoms with E-state index in [1.165, 1.54) is 33.0 Å². The second-order valence-corrected chi connectivity index (χ2v) is 20.4. The summed E-state index contributed by atoms with van der Waals surface area (Å²) < 4.78 is 17.6. The van der Waals surface area contributed by atoms with Crippen molar-refractivity contribution in [2.45, 2.75) is 73.0 Å². The van der Waals surface area contributed by atoms with Crippen LogP contribution in [0, 0.1) is 32.9 Å². The Morgan fingerprint density at radius 2 is 1.20 bits per heavy atom. The van der Waals surface area contributed by atoms with Crippen molar-refractivity contribution in [3.05, 3.63) is 185 Å². The van der Waals surface area contributed by atoms with Gasteiger partial charge in [0.15, 0.2) is 0 Å². The molecule has 0 aliphatic heterocycles. The molecule has 4 heteroatoms. The van der Waals surface area contributed by atoms with Crippen LogP contribution in [0.5, 0.6) is 0 Å². The first kappa shape index (κ1) is 38.5. The fourth-order valence-electron chi connectivity index (χ4n) is 7.11. The van der Waals surface area contributed by atoms with Gasteiger partial charge in [-0.15, -0.1) is 70.8 Å². The van der Waals surface area contributed by atoms with Gasteiger partial charge < -0.3 is 9.97 Å². The molecule has 5 aromatic carbocycles. The zero-order chi connectivity index (χ0) is 40.3. The Labute approximate surface area is 347 Å². The number of hydrogen-bond acceptors (Lipinski definition) is 2. The first-order chi connectivity index (χ1) is 26.5. The van der Waals surface area contributed by atoms with Crippen LogP contribution in [0.1, 0.15) is 68.7 Å². The molecule has 281 valence electrons. The minimum atomic E-state index is -1.57. The maximum atomic E-state index is 8.99. The zero-order valence-corrected chi connectivity index (χ0v) is 36.9. The smallest absolute Gasteiger partial charge is 0.0799 e. The molecule has 0 saturated heterocycles. The van der Waals surface area contributed by atoms with Gasteiger partial charge in [-0.25, -0.2) is 0 Å². The minimum Gasteiger partial charge on any atom is -0.305 e. The monoisotopic (exact) mass is 915 g/mol. The van der Waals surface area contributed by atoms with E-state index in [9.17, 15) is 0 Å². The van der Waals surface area contributed by atoms with Gasteiger partial charge in [0.1, 0.15) is 0 Å². The molecule has 1 unspecified atom stereocenters. The van der Waals surface area contributed by atoms with E-state index in [1.807, 2.05) is 106 Å². The molecule has 7 aromatic rings. The normalized spacial score (nSPS) is 13.0. The summed E-state index contributed by atoms with van der Waals surface area (Å²) in [5.74, 6) is -1.49. The van der Waals surface area contributed by atoms with Crippen molar-refractivity contribution in [3.8, 4) is 44.8 Å². The molecular weight excluding hydrogens is 861 g/mol. The second-order valence-electron chi connectivity index (χ2n) is 15.4. The van der Waals surface area contributed by atoms with Crippen LogP contribution >= 0.6 is 0 Å². The summed E-state index contributed by atoms with van der Waals surface area (Å²) >= 11 is 0. The van der Waals surface area contributed by atoms with Crippen molar-refractivity contribution in [1.82, 2.24) is 9.97 Å². The van der Waals surface area contributed by atoms with Crippen molar-refractivity contribution >= 4 is 13.3 Å². The SMILES string of the molecule is [2H]C(C)(C)c1cc(-c2[c-]ccc(-c3ccccc3)c2)ncc1[Si](C)(C)C.[2H]C(C)(c1ccccc1)c1cc[c-]c(-c2cc(-c3c(C)cc(C)cc3C)ccn2)c1.[Ir]. The summed E-state index contributed by atoms with van der Waals surface area (Å²) in [5, 5.41) is 1.26. The van der Waals surface area contributed by atoms with E-state index in [1.54, 1.807) is 0 Å². The molecule has 55 heavy (non-hydrogen) atoms. The molecule has 7 rings (SSSR count). The number of hydrogen-bond donors (Lipinski definition) is 0. The fourth-order valence-corrected chi connectivity index (χ4v) is 8.69. The molecule has 0 spiro atoms. The van der Waals surface area contributed by atoms with Gasteiger partial charge >= 0.3 is 0 Å². The van der Waals surface area contributed by atoms with E-state index in [2.05, 4.69) is 112 Å². The topological polar surface area (TPSA) is 25.8 Å². The molecule has 0 aliphatic rings. The summed E-state index contributed by atoms with van der Waals surface area (Å²) in [5.41, 5.74) is 15.2. The molecular formula is C51H52IrN2Si-2. The quantitative estimate of drug-likeness (QED) is 0.112. The van der Waals surface area contributed by atoms with Gasteiger partial charge in [-0.1, -0.05) is 136 Å². The molecule has 0 saturated carbocycles. The number of rotatable bonds is 8. The average Bonchev–Trinajstić information content (AvgIpc) is 3.18. The number of pyridine rings is 2. The molecule has 2 aromatic heterocycles. The van der Waals surface area contributed by atoms with Gasteiger partial charge in [0.2, 0.25) is 0 Å². The van der Waals surface area contributed by atoms with Crippen LogP contribution in [-0.2, 0) is 20.1 Å². The molecule has 0 N–H and O–H groups in total. The molecule has 0 fully saturated rings. The van der Waals surface area contributed by atoms with Crippen molar-refractivity contribution in [3.63, 3.8) is 0 Å². The van der Waals surface area contributed by atoms with Gasteiger partial charge in [0, 0.05) is 35.2 Å². The van der Waals surface area contributed by atoms with Crippen LogP contribution in [-0.4, -0.2) is 18.0 Å². The van der Waals surface area contributed by atoms with Crippen molar-refractivity contribution in [1.29, 1.82) is 0 Å². The van der Waals surface area contributed by atoms with Gasteiger partial charge in [-0.05, 0) is 88.6 Å². The van der Waals surface area contributed by atoms with E-state index < -0.39 is 19.9 Å². The van der Waals surface area contributed by atoms with Crippen molar-refractivity contribution in [2.75, 3.05) is 0 Å². The number of benzene rings is 5. The Balaban J connectivity index is 0.000000216. The van der Waals surface area contributed by atoms with E-state index in [-0.39, 0.29) is 20.1 Å². The van der Waals surface area contributed by atoms with Crippen LogP contribution in [0.15, 0.2) is 140 Å². The molecule has 1 atom stereocenters. The fraction of sp³-hybridized carbons (Fsp3) is 0.216. The largest absolute Gasteiger partial charge is 0.305 e. The summed E-state index contributed by atoms with van der Waals surface area (Å²) in [6.07, 6.45) is 3.86. The van der Waals surface area contributed by atoms with E-state index in [0.717, 1.165) is 50.3 Å². The van der Waals surface area contributed by atoms with E-state index in [4.69, 9.17) is 7.73 Å². The summed E-state index contributed by atoms with van der Waals surface area (Å²) in [6, 6.07) is 49.8. The Morgan fingerprint density at radius 1 is 0.600 bits per heavy atom. The Kier molecular flexibility index (Phi) is 12.8. The maximum Gasteiger partial charge on any atom is 0.0799 e. The molecule has 0 aliphatic carbocycles. The number of aryl methyl sites for hydroxylation is 3. The van der Waals surface area contributed by atoms with Crippen LogP contribution in [0.4, 0.5) is 0 Å². The van der Waals surface area contributed by atoms with Crippen LogP contribution in [0.2, 0.25) is 19.6 Å². The van der Waals surface area contributed by atoms with Crippen LogP contribution < -0.4 is 5.19 Å². The third kappa shape index (κ3) is 10.1. The van der Waals surface area contributed by atoms with Crippen LogP contribution in [0.3, 0.4) is 0 Å². The first-order valence-corrected chi connectivity index (χ1v) is 22.2. The molecule has 2 nitrogen and oxygen atoms in total. The minimum absolute atomic E-state index is 0. The van der Waals surface area contributed by atoms with E-state index >= 15 is 0 Å². The third-order valence-corrected chi connectivity index (χ3v) is 11.9. The molecule has 2 heterocycles. The second kappa shape index (κ2) is 18.3. The average molecular weight is 915 g/mol. The van der Waals surface area contributed by atoms with Gasteiger partial charge in [-0.3, -0.25) is 0 Å². The maximum absolute atomic E-state index is 8.99. The van der Waals surface area contributed by atoms with Gasteiger partial charge in [0.25, 0.3) is 0 Å². The first-order valence-electron chi connectivity index (χ1n) is 19.7. The predicted molar refractivity (Wildman–Crippen MR) is 233 cm³/mol. The molecule has 0 bridgehead atoms. The molecule has 1 radical (unpaired) electrons. The molecule has 0 amide bonds. The standard InChI is InChI=1S/C28H26N.C23H26NSi.Ir/c1-19-15-20(2)28(21(3)16-19)26-13-14-29-27(18-26)25-12-8-11-24(17-25)22(4)23-9-6-5-7-10-23;1-17(2)21-15-22(24-16-23(21)25(3,4)5)20-13-9-12-19(14-20)18-10-7-6-8-11-18;/h5-11,13-18,22H,1-4H3;6-12,14-17H,1-5H3;/q2*-1;/i22D;17D;. The summed E-state index contributed by atoms with van der Waals surface area (Å²) in [4.78, 5) is 9.36. The van der Waals surface area contributed by atoms with Crippen molar-refractivity contribution in [2.24, 2.45) is 0 Å². The van der Waals surface area contributed by atoms with Gasteiger partial charge in [0.05, 0.1) is 8.07 Å². The Bertz CT molecular complexity index is 2430. The Morgan fingerprint density at radius 3 is 1.84 bits per heavy atom. The number of nitrogens with zero attached hydrogens (tertiary/aromatic N) is 2. The summed E-state index contributed by atoms with van der Waals surface area (Å²) in [7, 11) is -1.57. The van der Waals surface area contributed by atoms with Crippen molar-refractivity contribution < 1.29 is 22.8 Å². The van der Waals surface area contributed by atoms with E-state index in [0.29, 0.717) is 0 Å². The third-order valence-electron chi connectivity index (χ3n) is 9.88. The predicted octanol–water partition coefficient (Wildman–Crippen LogP) is 13.2. The van der Waals surface area contributed by atoms with Crippen LogP contribution in [0.25, 0.3) is 44.8 Å².